The lowest BCUT2D eigenvalue weighted by Crippen LogP contribution is -2.46. The minimum absolute atomic E-state index is 0.0388. The molecule has 7 heteroatoms. The molecule has 0 radical (unpaired) electrons. The van der Waals surface area contributed by atoms with Crippen LogP contribution < -0.4 is 16.4 Å². The van der Waals surface area contributed by atoms with Gasteiger partial charge in [0.05, 0.1) is 24.6 Å². The van der Waals surface area contributed by atoms with Crippen LogP contribution in [0.1, 0.15) is 51.1 Å². The SMILES string of the molecule is CCCCCCCCNC(=O)CNC(=O)[C@@H](N)Cc1c[nH]cn1. The Morgan fingerprint density at radius 2 is 1.96 bits per heavy atom. The fourth-order valence-corrected chi connectivity index (χ4v) is 2.21. The minimum Gasteiger partial charge on any atom is -0.355 e. The molecular weight excluding hydrogens is 294 g/mol. The van der Waals surface area contributed by atoms with Crippen LogP contribution >= 0.6 is 0 Å². The predicted molar refractivity (Wildman–Crippen MR) is 89.7 cm³/mol. The maximum atomic E-state index is 11.8. The lowest BCUT2D eigenvalue weighted by molar-refractivity contribution is -0.126. The van der Waals surface area contributed by atoms with Crippen molar-refractivity contribution >= 4 is 11.8 Å². The third-order valence-corrected chi connectivity index (χ3v) is 3.60. The number of aromatic amines is 1. The second-order valence-electron chi connectivity index (χ2n) is 5.71. The van der Waals surface area contributed by atoms with Crippen LogP contribution in [0.25, 0.3) is 0 Å². The van der Waals surface area contributed by atoms with Gasteiger partial charge in [0.25, 0.3) is 0 Å². The van der Waals surface area contributed by atoms with E-state index in [2.05, 4.69) is 27.5 Å². The molecule has 1 aromatic heterocycles. The van der Waals surface area contributed by atoms with Gasteiger partial charge in [-0.1, -0.05) is 39.0 Å². The summed E-state index contributed by atoms with van der Waals surface area (Å²) in [4.78, 5) is 30.3. The quantitative estimate of drug-likeness (QED) is 0.427. The van der Waals surface area contributed by atoms with Gasteiger partial charge in [-0.3, -0.25) is 9.59 Å². The van der Waals surface area contributed by atoms with Gasteiger partial charge >= 0.3 is 0 Å². The minimum atomic E-state index is -0.704. The molecule has 130 valence electrons. The molecule has 7 nitrogen and oxygen atoms in total. The fourth-order valence-electron chi connectivity index (χ4n) is 2.21. The molecule has 0 spiro atoms. The zero-order chi connectivity index (χ0) is 16.9. The van der Waals surface area contributed by atoms with Crippen LogP contribution in [-0.4, -0.2) is 40.9 Å². The molecular formula is C16H29N5O2. The van der Waals surface area contributed by atoms with Crippen molar-refractivity contribution in [2.45, 2.75) is 57.9 Å². The summed E-state index contributed by atoms with van der Waals surface area (Å²) in [6.07, 6.45) is 10.7. The second kappa shape index (κ2) is 11.6. The zero-order valence-corrected chi connectivity index (χ0v) is 13.9. The van der Waals surface area contributed by atoms with Gasteiger partial charge in [-0.15, -0.1) is 0 Å². The lowest BCUT2D eigenvalue weighted by atomic mass is 10.1. The van der Waals surface area contributed by atoms with E-state index in [0.29, 0.717) is 13.0 Å². The molecule has 1 atom stereocenters. The van der Waals surface area contributed by atoms with Crippen molar-refractivity contribution < 1.29 is 9.59 Å². The number of hydrogen-bond donors (Lipinski definition) is 4. The Morgan fingerprint density at radius 1 is 1.22 bits per heavy atom. The Bertz CT molecular complexity index is 447. The van der Waals surface area contributed by atoms with Crippen LogP contribution in [-0.2, 0) is 16.0 Å². The number of hydrogen-bond acceptors (Lipinski definition) is 4. The predicted octanol–water partition coefficient (Wildman–Crippen LogP) is 0.872. The number of rotatable bonds is 12. The number of H-pyrrole nitrogens is 1. The summed E-state index contributed by atoms with van der Waals surface area (Å²) in [6, 6.07) is -0.704. The number of imidazole rings is 1. The zero-order valence-electron chi connectivity index (χ0n) is 13.9. The molecule has 0 aliphatic rings. The highest BCUT2D eigenvalue weighted by atomic mass is 16.2. The summed E-state index contributed by atoms with van der Waals surface area (Å²) in [5.41, 5.74) is 6.50. The molecule has 0 saturated carbocycles. The Morgan fingerprint density at radius 3 is 2.65 bits per heavy atom. The summed E-state index contributed by atoms with van der Waals surface area (Å²) in [5.74, 6) is -0.526. The van der Waals surface area contributed by atoms with Crippen molar-refractivity contribution in [1.29, 1.82) is 0 Å². The summed E-state index contributed by atoms with van der Waals surface area (Å²) in [5, 5.41) is 5.35. The van der Waals surface area contributed by atoms with Crippen molar-refractivity contribution in [3.63, 3.8) is 0 Å². The highest BCUT2D eigenvalue weighted by Gasteiger charge is 2.15. The van der Waals surface area contributed by atoms with E-state index < -0.39 is 6.04 Å². The Kier molecular flexibility index (Phi) is 9.70. The molecule has 1 heterocycles. The fraction of sp³-hybridized carbons (Fsp3) is 0.688. The molecule has 0 aliphatic heterocycles. The molecule has 2 amide bonds. The second-order valence-corrected chi connectivity index (χ2v) is 5.71. The van der Waals surface area contributed by atoms with E-state index in [1.807, 2.05) is 0 Å². The molecule has 0 aromatic carbocycles. The summed E-state index contributed by atoms with van der Waals surface area (Å²) in [7, 11) is 0. The molecule has 0 aliphatic carbocycles. The van der Waals surface area contributed by atoms with E-state index in [-0.39, 0.29) is 18.4 Å². The normalized spacial score (nSPS) is 11.9. The highest BCUT2D eigenvalue weighted by molar-refractivity contribution is 5.87. The first-order valence-corrected chi connectivity index (χ1v) is 8.41. The van der Waals surface area contributed by atoms with Crippen LogP contribution in [0, 0.1) is 0 Å². The van der Waals surface area contributed by atoms with E-state index in [1.54, 1.807) is 6.20 Å². The Labute approximate surface area is 137 Å². The average Bonchev–Trinajstić information content (AvgIpc) is 3.04. The number of nitrogens with zero attached hydrogens (tertiary/aromatic N) is 1. The van der Waals surface area contributed by atoms with Crippen LogP contribution in [0.2, 0.25) is 0 Å². The van der Waals surface area contributed by atoms with Gasteiger partial charge in [-0.05, 0) is 6.42 Å². The van der Waals surface area contributed by atoms with Crippen molar-refractivity contribution in [3.8, 4) is 0 Å². The van der Waals surface area contributed by atoms with Gasteiger partial charge < -0.3 is 21.4 Å². The van der Waals surface area contributed by atoms with Crippen molar-refractivity contribution in [1.82, 2.24) is 20.6 Å². The highest BCUT2D eigenvalue weighted by Crippen LogP contribution is 2.03. The van der Waals surface area contributed by atoms with Gasteiger partial charge in [0.1, 0.15) is 0 Å². The van der Waals surface area contributed by atoms with Crippen molar-refractivity contribution in [2.24, 2.45) is 5.73 Å². The maximum absolute atomic E-state index is 11.8. The number of aromatic nitrogens is 2. The molecule has 0 unspecified atom stereocenters. The molecule has 1 rings (SSSR count). The van der Waals surface area contributed by atoms with Crippen LogP contribution in [0.15, 0.2) is 12.5 Å². The van der Waals surface area contributed by atoms with E-state index in [0.717, 1.165) is 18.5 Å². The van der Waals surface area contributed by atoms with Crippen LogP contribution in [0.3, 0.4) is 0 Å². The lowest BCUT2D eigenvalue weighted by Gasteiger charge is -2.11. The maximum Gasteiger partial charge on any atom is 0.239 e. The Balaban J connectivity index is 2.04. The van der Waals surface area contributed by atoms with Gasteiger partial charge in [0.15, 0.2) is 0 Å². The number of amides is 2. The third-order valence-electron chi connectivity index (χ3n) is 3.60. The van der Waals surface area contributed by atoms with Crippen molar-refractivity contribution in [2.75, 3.05) is 13.1 Å². The first-order chi connectivity index (χ1) is 11.1. The number of carbonyl (C=O) groups excluding carboxylic acids is 2. The molecule has 0 fully saturated rings. The van der Waals surface area contributed by atoms with Crippen LogP contribution in [0.5, 0.6) is 0 Å². The summed E-state index contributed by atoms with van der Waals surface area (Å²) in [6.45, 7) is 2.80. The van der Waals surface area contributed by atoms with Gasteiger partial charge in [-0.2, -0.15) is 0 Å². The van der Waals surface area contributed by atoms with E-state index >= 15 is 0 Å². The van der Waals surface area contributed by atoms with Crippen LogP contribution in [0.4, 0.5) is 0 Å². The standard InChI is InChI=1S/C16H29N5O2/c1-2-3-4-5-6-7-8-19-15(22)11-20-16(23)14(17)9-13-10-18-12-21-13/h10,12,14H,2-9,11,17H2,1H3,(H,18,21)(H,19,22)(H,20,23)/t14-/m0/s1. The first-order valence-electron chi connectivity index (χ1n) is 8.41. The summed E-state index contributed by atoms with van der Waals surface area (Å²) < 4.78 is 0. The number of nitrogens with two attached hydrogens (primary N) is 1. The number of carbonyl (C=O) groups is 2. The van der Waals surface area contributed by atoms with Gasteiger partial charge in [-0.25, -0.2) is 4.98 Å². The number of unbranched alkanes of at least 4 members (excludes halogenated alkanes) is 5. The van der Waals surface area contributed by atoms with E-state index in [9.17, 15) is 9.59 Å². The molecule has 5 N–H and O–H groups in total. The van der Waals surface area contributed by atoms with Crippen molar-refractivity contribution in [3.05, 3.63) is 18.2 Å². The Hall–Kier alpha value is -1.89. The largest absolute Gasteiger partial charge is 0.355 e. The van der Waals surface area contributed by atoms with Gasteiger partial charge in [0.2, 0.25) is 11.8 Å². The monoisotopic (exact) mass is 323 g/mol. The molecule has 23 heavy (non-hydrogen) atoms. The van der Waals surface area contributed by atoms with E-state index in [4.69, 9.17) is 5.73 Å². The first kappa shape index (κ1) is 19.2. The number of nitrogens with one attached hydrogen (secondary N) is 3. The smallest absolute Gasteiger partial charge is 0.239 e. The molecule has 0 bridgehead atoms. The average molecular weight is 323 g/mol. The molecule has 0 saturated heterocycles. The van der Waals surface area contributed by atoms with E-state index in [1.165, 1.54) is 32.0 Å². The molecule has 1 aromatic rings. The van der Waals surface area contributed by atoms with Gasteiger partial charge in [0, 0.05) is 19.2 Å². The summed E-state index contributed by atoms with van der Waals surface area (Å²) >= 11 is 0. The topological polar surface area (TPSA) is 113 Å². The third kappa shape index (κ3) is 8.97.